The van der Waals surface area contributed by atoms with Crippen molar-refractivity contribution < 1.29 is 9.21 Å². The number of fused-ring (bicyclic) bond motifs is 1. The molecule has 0 radical (unpaired) electrons. The summed E-state index contributed by atoms with van der Waals surface area (Å²) in [5, 5.41) is 0.712. The van der Waals surface area contributed by atoms with Crippen molar-refractivity contribution in [3.05, 3.63) is 105 Å². The van der Waals surface area contributed by atoms with Crippen LogP contribution in [0.4, 0.5) is 0 Å². The van der Waals surface area contributed by atoms with Crippen molar-refractivity contribution in [3.63, 3.8) is 0 Å². The van der Waals surface area contributed by atoms with Gasteiger partial charge in [-0.3, -0.25) is 4.79 Å². The monoisotopic (exact) mass is 404 g/mol. The Kier molecular flexibility index (Phi) is 4.27. The molecule has 0 aliphatic carbocycles. The third-order valence-corrected chi connectivity index (χ3v) is 4.69. The maximum Gasteiger partial charge on any atom is 0.348 e. The second kappa shape index (κ2) is 6.73. The molecule has 3 aromatic carbocycles. The summed E-state index contributed by atoms with van der Waals surface area (Å²) in [5.41, 5.74) is 1.70. The van der Waals surface area contributed by atoms with Gasteiger partial charge >= 0.3 is 5.63 Å². The number of hydrogen-bond donors (Lipinski definition) is 0. The van der Waals surface area contributed by atoms with Gasteiger partial charge in [0, 0.05) is 21.0 Å². The minimum Gasteiger partial charge on any atom is -0.422 e. The predicted octanol–water partition coefficient (Wildman–Crippen LogP) is 5.45. The van der Waals surface area contributed by atoms with Gasteiger partial charge in [-0.25, -0.2) is 4.79 Å². The van der Waals surface area contributed by atoms with Crippen LogP contribution in [0.5, 0.6) is 0 Å². The van der Waals surface area contributed by atoms with Crippen molar-refractivity contribution in [2.75, 3.05) is 0 Å². The molecule has 0 aliphatic heterocycles. The van der Waals surface area contributed by atoms with E-state index < -0.39 is 5.63 Å². The fourth-order valence-electron chi connectivity index (χ4n) is 3.02. The number of halogens is 1. The molecule has 1 aromatic heterocycles. The van der Waals surface area contributed by atoms with Gasteiger partial charge < -0.3 is 4.42 Å². The Balaban J connectivity index is 2.11. The van der Waals surface area contributed by atoms with Crippen LogP contribution in [-0.2, 0) is 0 Å². The van der Waals surface area contributed by atoms with Crippen molar-refractivity contribution in [2.24, 2.45) is 0 Å². The van der Waals surface area contributed by atoms with E-state index in [-0.39, 0.29) is 11.3 Å². The van der Waals surface area contributed by atoms with Crippen LogP contribution >= 0.6 is 15.9 Å². The van der Waals surface area contributed by atoms with E-state index in [1.165, 1.54) is 0 Å². The Labute approximate surface area is 158 Å². The molecule has 126 valence electrons. The van der Waals surface area contributed by atoms with Gasteiger partial charge in [0.05, 0.1) is 0 Å². The second-order valence-electron chi connectivity index (χ2n) is 5.84. The standard InChI is InChI=1S/C22H13BrO3/c23-16-11-12-18-17(13-16)19(14-7-3-1-4-8-14)20(22(25)26-18)21(24)15-9-5-2-6-10-15/h1-13H. The minimum atomic E-state index is -0.632. The van der Waals surface area contributed by atoms with Crippen molar-refractivity contribution >= 4 is 32.7 Å². The molecule has 1 heterocycles. The second-order valence-corrected chi connectivity index (χ2v) is 6.76. The zero-order valence-electron chi connectivity index (χ0n) is 13.6. The highest BCUT2D eigenvalue weighted by Crippen LogP contribution is 2.33. The topological polar surface area (TPSA) is 47.3 Å². The number of carbonyl (C=O) groups is 1. The summed E-state index contributed by atoms with van der Waals surface area (Å²) in [6, 6.07) is 23.6. The molecule has 0 aliphatic rings. The summed E-state index contributed by atoms with van der Waals surface area (Å²) in [4.78, 5) is 25.8. The van der Waals surface area contributed by atoms with Gasteiger partial charge in [-0.05, 0) is 23.8 Å². The Hall–Kier alpha value is -2.98. The Morgan fingerprint density at radius 1 is 0.846 bits per heavy atom. The average molecular weight is 405 g/mol. The van der Waals surface area contributed by atoms with Crippen molar-refractivity contribution in [2.45, 2.75) is 0 Å². The quantitative estimate of drug-likeness (QED) is 0.336. The SMILES string of the molecule is O=C(c1ccccc1)c1c(-c2ccccc2)c2cc(Br)ccc2oc1=O. The third kappa shape index (κ3) is 2.89. The zero-order valence-corrected chi connectivity index (χ0v) is 15.2. The fraction of sp³-hybridized carbons (Fsp3) is 0. The molecule has 0 unspecified atom stereocenters. The summed E-state index contributed by atoms with van der Waals surface area (Å²) in [5.74, 6) is -0.347. The van der Waals surface area contributed by atoms with Crippen LogP contribution in [0.15, 0.2) is 92.5 Å². The maximum absolute atomic E-state index is 13.1. The molecule has 0 amide bonds. The van der Waals surface area contributed by atoms with Gasteiger partial charge in [0.2, 0.25) is 5.78 Å². The van der Waals surface area contributed by atoms with Crippen molar-refractivity contribution in [1.82, 2.24) is 0 Å². The Morgan fingerprint density at radius 3 is 2.19 bits per heavy atom. The maximum atomic E-state index is 13.1. The van der Waals surface area contributed by atoms with Crippen LogP contribution in [-0.4, -0.2) is 5.78 Å². The highest BCUT2D eigenvalue weighted by molar-refractivity contribution is 9.10. The first-order chi connectivity index (χ1) is 12.6. The third-order valence-electron chi connectivity index (χ3n) is 4.19. The van der Waals surface area contributed by atoms with E-state index in [1.807, 2.05) is 42.5 Å². The highest BCUT2D eigenvalue weighted by atomic mass is 79.9. The zero-order chi connectivity index (χ0) is 18.1. The summed E-state index contributed by atoms with van der Waals surface area (Å²) >= 11 is 3.46. The molecular weight excluding hydrogens is 392 g/mol. The van der Waals surface area contributed by atoms with Gasteiger partial charge in [0.25, 0.3) is 0 Å². The van der Waals surface area contributed by atoms with E-state index in [1.54, 1.807) is 36.4 Å². The predicted molar refractivity (Wildman–Crippen MR) is 105 cm³/mol. The molecule has 0 saturated carbocycles. The normalized spacial score (nSPS) is 10.8. The molecule has 4 heteroatoms. The van der Waals surface area contributed by atoms with Crippen LogP contribution in [0.2, 0.25) is 0 Å². The van der Waals surface area contributed by atoms with E-state index in [4.69, 9.17) is 4.42 Å². The van der Waals surface area contributed by atoms with Crippen molar-refractivity contribution in [3.8, 4) is 11.1 Å². The largest absolute Gasteiger partial charge is 0.422 e. The number of hydrogen-bond acceptors (Lipinski definition) is 3. The lowest BCUT2D eigenvalue weighted by Crippen LogP contribution is -2.17. The van der Waals surface area contributed by atoms with Gasteiger partial charge in [-0.2, -0.15) is 0 Å². The molecule has 0 fully saturated rings. The van der Waals surface area contributed by atoms with Gasteiger partial charge in [-0.15, -0.1) is 0 Å². The molecule has 0 atom stereocenters. The average Bonchev–Trinajstić information content (AvgIpc) is 2.68. The van der Waals surface area contributed by atoms with E-state index in [0.717, 1.165) is 10.0 Å². The van der Waals surface area contributed by atoms with E-state index >= 15 is 0 Å². The van der Waals surface area contributed by atoms with Crippen molar-refractivity contribution in [1.29, 1.82) is 0 Å². The number of benzene rings is 3. The highest BCUT2D eigenvalue weighted by Gasteiger charge is 2.23. The lowest BCUT2D eigenvalue weighted by Gasteiger charge is -2.12. The Bertz CT molecular complexity index is 1160. The first kappa shape index (κ1) is 16.5. The summed E-state index contributed by atoms with van der Waals surface area (Å²) in [7, 11) is 0. The molecule has 3 nitrogen and oxygen atoms in total. The lowest BCUT2D eigenvalue weighted by atomic mass is 9.92. The number of rotatable bonds is 3. The molecule has 0 bridgehead atoms. The molecular formula is C22H13BrO3. The number of carbonyl (C=O) groups excluding carboxylic acids is 1. The number of ketones is 1. The molecule has 4 aromatic rings. The molecule has 0 N–H and O–H groups in total. The summed E-state index contributed by atoms with van der Waals surface area (Å²) in [6.45, 7) is 0. The smallest absolute Gasteiger partial charge is 0.348 e. The van der Waals surface area contributed by atoms with E-state index in [0.29, 0.717) is 22.1 Å². The van der Waals surface area contributed by atoms with Crippen LogP contribution < -0.4 is 5.63 Å². The summed E-state index contributed by atoms with van der Waals surface area (Å²) in [6.07, 6.45) is 0. The van der Waals surface area contributed by atoms with Gasteiger partial charge in [-0.1, -0.05) is 76.6 Å². The molecule has 0 spiro atoms. The van der Waals surface area contributed by atoms with Crippen LogP contribution in [0.25, 0.3) is 22.1 Å². The van der Waals surface area contributed by atoms with Gasteiger partial charge in [0.15, 0.2) is 0 Å². The molecule has 4 rings (SSSR count). The van der Waals surface area contributed by atoms with E-state index in [2.05, 4.69) is 15.9 Å². The van der Waals surface area contributed by atoms with Crippen LogP contribution in [0.3, 0.4) is 0 Å². The van der Waals surface area contributed by atoms with Crippen LogP contribution in [0, 0.1) is 0 Å². The van der Waals surface area contributed by atoms with Crippen LogP contribution in [0.1, 0.15) is 15.9 Å². The fourth-order valence-corrected chi connectivity index (χ4v) is 3.38. The summed E-state index contributed by atoms with van der Waals surface area (Å²) < 4.78 is 6.30. The van der Waals surface area contributed by atoms with Gasteiger partial charge in [0.1, 0.15) is 11.1 Å². The first-order valence-corrected chi connectivity index (χ1v) is 8.86. The molecule has 26 heavy (non-hydrogen) atoms. The first-order valence-electron chi connectivity index (χ1n) is 8.06. The lowest BCUT2D eigenvalue weighted by molar-refractivity contribution is 0.103. The van der Waals surface area contributed by atoms with E-state index in [9.17, 15) is 9.59 Å². The molecule has 0 saturated heterocycles. The Morgan fingerprint density at radius 2 is 1.50 bits per heavy atom. The minimum absolute atomic E-state index is 0.0491.